The third kappa shape index (κ3) is 4.45. The highest BCUT2D eigenvalue weighted by Crippen LogP contribution is 2.32. The third-order valence-corrected chi connectivity index (χ3v) is 3.79. The van der Waals surface area contributed by atoms with Crippen LogP contribution in [0.1, 0.15) is 25.0 Å². The highest BCUT2D eigenvalue weighted by molar-refractivity contribution is 6.32. The van der Waals surface area contributed by atoms with Crippen molar-refractivity contribution in [3.05, 3.63) is 64.4 Å². The summed E-state index contributed by atoms with van der Waals surface area (Å²) in [6.45, 7) is 3.37. The van der Waals surface area contributed by atoms with Crippen LogP contribution in [0.4, 0.5) is 4.39 Å². The SMILES string of the molecule is CC(C)(Cc1cc(F)c(OCc2ccccc2)c(Cl)c1)C(=O)O. The summed E-state index contributed by atoms with van der Waals surface area (Å²) in [5.74, 6) is -1.56. The molecule has 0 amide bonds. The molecule has 0 aliphatic heterocycles. The predicted octanol–water partition coefficient (Wildman–Crippen LogP) is 4.71. The molecule has 0 unspecified atom stereocenters. The molecule has 0 aromatic heterocycles. The number of aliphatic carboxylic acids is 1. The topological polar surface area (TPSA) is 46.5 Å². The van der Waals surface area contributed by atoms with Gasteiger partial charge in [-0.2, -0.15) is 0 Å². The number of hydrogen-bond donors (Lipinski definition) is 1. The first kappa shape index (κ1) is 17.3. The van der Waals surface area contributed by atoms with E-state index in [0.29, 0.717) is 5.56 Å². The Morgan fingerprint density at radius 2 is 1.87 bits per heavy atom. The lowest BCUT2D eigenvalue weighted by Gasteiger charge is -2.19. The second-order valence-corrected chi connectivity index (χ2v) is 6.44. The van der Waals surface area contributed by atoms with E-state index < -0.39 is 17.2 Å². The Hall–Kier alpha value is -2.07. The first-order valence-electron chi connectivity index (χ1n) is 7.17. The molecule has 3 nitrogen and oxygen atoms in total. The highest BCUT2D eigenvalue weighted by Gasteiger charge is 2.28. The summed E-state index contributed by atoms with van der Waals surface area (Å²) < 4.78 is 19.7. The van der Waals surface area contributed by atoms with E-state index >= 15 is 0 Å². The van der Waals surface area contributed by atoms with Crippen LogP contribution in [0.25, 0.3) is 0 Å². The van der Waals surface area contributed by atoms with Gasteiger partial charge < -0.3 is 9.84 Å². The molecule has 1 N–H and O–H groups in total. The van der Waals surface area contributed by atoms with E-state index in [9.17, 15) is 9.18 Å². The summed E-state index contributed by atoms with van der Waals surface area (Å²) in [5.41, 5.74) is 0.424. The lowest BCUT2D eigenvalue weighted by Crippen LogP contribution is -2.26. The molecule has 0 aliphatic rings. The van der Waals surface area contributed by atoms with Gasteiger partial charge in [-0.15, -0.1) is 0 Å². The Kier molecular flexibility index (Phi) is 5.26. The van der Waals surface area contributed by atoms with Gasteiger partial charge in [-0.1, -0.05) is 41.9 Å². The van der Waals surface area contributed by atoms with Gasteiger partial charge in [-0.3, -0.25) is 4.79 Å². The molecule has 0 saturated carbocycles. The summed E-state index contributed by atoms with van der Waals surface area (Å²) in [4.78, 5) is 11.2. The highest BCUT2D eigenvalue weighted by atomic mass is 35.5. The Morgan fingerprint density at radius 3 is 2.43 bits per heavy atom. The van der Waals surface area contributed by atoms with Crippen molar-refractivity contribution < 1.29 is 19.0 Å². The lowest BCUT2D eigenvalue weighted by molar-refractivity contribution is -0.146. The fourth-order valence-electron chi connectivity index (χ4n) is 2.17. The quantitative estimate of drug-likeness (QED) is 0.830. The fourth-order valence-corrected chi connectivity index (χ4v) is 2.45. The van der Waals surface area contributed by atoms with Gasteiger partial charge in [0.05, 0.1) is 10.4 Å². The van der Waals surface area contributed by atoms with Crippen molar-refractivity contribution >= 4 is 17.6 Å². The van der Waals surface area contributed by atoms with Crippen molar-refractivity contribution in [3.63, 3.8) is 0 Å². The van der Waals surface area contributed by atoms with Crippen LogP contribution in [-0.4, -0.2) is 11.1 Å². The molecule has 2 rings (SSSR count). The van der Waals surface area contributed by atoms with Crippen molar-refractivity contribution in [3.8, 4) is 5.75 Å². The number of carboxylic acids is 1. The summed E-state index contributed by atoms with van der Waals surface area (Å²) in [7, 11) is 0. The second kappa shape index (κ2) is 7.01. The van der Waals surface area contributed by atoms with E-state index in [0.717, 1.165) is 5.56 Å². The zero-order valence-corrected chi connectivity index (χ0v) is 13.7. The van der Waals surface area contributed by atoms with Gasteiger partial charge in [0.15, 0.2) is 11.6 Å². The average Bonchev–Trinajstić information content (AvgIpc) is 2.46. The van der Waals surface area contributed by atoms with E-state index in [2.05, 4.69) is 0 Å². The van der Waals surface area contributed by atoms with Crippen LogP contribution in [0.2, 0.25) is 5.02 Å². The molecule has 0 bridgehead atoms. The van der Waals surface area contributed by atoms with Gasteiger partial charge >= 0.3 is 5.97 Å². The van der Waals surface area contributed by atoms with Crippen LogP contribution in [-0.2, 0) is 17.8 Å². The molecular formula is C18H18ClFO3. The number of hydrogen-bond acceptors (Lipinski definition) is 2. The first-order valence-corrected chi connectivity index (χ1v) is 7.55. The summed E-state index contributed by atoms with van der Waals surface area (Å²) in [6.07, 6.45) is 0.179. The Labute approximate surface area is 139 Å². The number of ether oxygens (including phenoxy) is 1. The molecule has 0 radical (unpaired) electrons. The maximum atomic E-state index is 14.2. The third-order valence-electron chi connectivity index (χ3n) is 3.51. The molecule has 0 atom stereocenters. The molecule has 0 saturated heterocycles. The van der Waals surface area contributed by atoms with Crippen LogP contribution < -0.4 is 4.74 Å². The minimum Gasteiger partial charge on any atom is -0.484 e. The Bertz CT molecular complexity index is 676. The maximum absolute atomic E-state index is 14.2. The van der Waals surface area contributed by atoms with E-state index in [-0.39, 0.29) is 23.8 Å². The van der Waals surface area contributed by atoms with Crippen molar-refractivity contribution in [1.82, 2.24) is 0 Å². The number of carbonyl (C=O) groups is 1. The van der Waals surface area contributed by atoms with Gasteiger partial charge in [-0.25, -0.2) is 4.39 Å². The largest absolute Gasteiger partial charge is 0.484 e. The molecule has 23 heavy (non-hydrogen) atoms. The molecule has 0 spiro atoms. The van der Waals surface area contributed by atoms with Gasteiger partial charge in [0.2, 0.25) is 0 Å². The molecule has 0 heterocycles. The molecule has 2 aromatic rings. The zero-order valence-electron chi connectivity index (χ0n) is 13.0. The summed E-state index contributed by atoms with van der Waals surface area (Å²) in [5, 5.41) is 9.29. The van der Waals surface area contributed by atoms with Crippen molar-refractivity contribution in [2.45, 2.75) is 26.9 Å². The van der Waals surface area contributed by atoms with Crippen LogP contribution >= 0.6 is 11.6 Å². The van der Waals surface area contributed by atoms with Gasteiger partial charge in [0.25, 0.3) is 0 Å². The van der Waals surface area contributed by atoms with E-state index in [1.807, 2.05) is 30.3 Å². The zero-order chi connectivity index (χ0) is 17.0. The smallest absolute Gasteiger partial charge is 0.309 e. The van der Waals surface area contributed by atoms with Crippen LogP contribution in [0.15, 0.2) is 42.5 Å². The van der Waals surface area contributed by atoms with Crippen molar-refractivity contribution in [1.29, 1.82) is 0 Å². The van der Waals surface area contributed by atoms with E-state index in [4.69, 9.17) is 21.4 Å². The van der Waals surface area contributed by atoms with E-state index in [1.165, 1.54) is 6.07 Å². The van der Waals surface area contributed by atoms with Crippen LogP contribution in [0.3, 0.4) is 0 Å². The number of rotatable bonds is 6. The Morgan fingerprint density at radius 1 is 1.22 bits per heavy atom. The molecule has 0 aliphatic carbocycles. The standard InChI is InChI=1S/C18H18ClFO3/c1-18(2,17(21)22)10-13-8-14(19)16(15(20)9-13)23-11-12-6-4-3-5-7-12/h3-9H,10-11H2,1-2H3,(H,21,22). The predicted molar refractivity (Wildman–Crippen MR) is 87.3 cm³/mol. The van der Waals surface area contributed by atoms with Gasteiger partial charge in [0.1, 0.15) is 6.61 Å². The average molecular weight is 337 g/mol. The van der Waals surface area contributed by atoms with Crippen molar-refractivity contribution in [2.24, 2.45) is 5.41 Å². The molecule has 2 aromatic carbocycles. The van der Waals surface area contributed by atoms with Gasteiger partial charge in [-0.05, 0) is 43.5 Å². The minimum absolute atomic E-state index is 0.0209. The minimum atomic E-state index is -0.998. The first-order chi connectivity index (χ1) is 10.8. The molecule has 122 valence electrons. The molecular weight excluding hydrogens is 319 g/mol. The molecule has 5 heteroatoms. The summed E-state index contributed by atoms with van der Waals surface area (Å²) >= 11 is 6.10. The molecule has 0 fully saturated rings. The van der Waals surface area contributed by atoms with Crippen molar-refractivity contribution in [2.75, 3.05) is 0 Å². The number of halogens is 2. The van der Waals surface area contributed by atoms with Gasteiger partial charge in [0, 0.05) is 0 Å². The second-order valence-electron chi connectivity index (χ2n) is 6.03. The number of benzene rings is 2. The normalized spacial score (nSPS) is 11.3. The Balaban J connectivity index is 2.16. The monoisotopic (exact) mass is 336 g/mol. The maximum Gasteiger partial charge on any atom is 0.309 e. The van der Waals surface area contributed by atoms with E-state index in [1.54, 1.807) is 19.9 Å². The van der Waals surface area contributed by atoms with Crippen LogP contribution in [0, 0.1) is 11.2 Å². The lowest BCUT2D eigenvalue weighted by atomic mass is 9.86. The fraction of sp³-hybridized carbons (Fsp3) is 0.278. The van der Waals surface area contributed by atoms with Crippen LogP contribution in [0.5, 0.6) is 5.75 Å². The number of carboxylic acid groups (broad SMARTS) is 1. The summed E-state index contributed by atoms with van der Waals surface area (Å²) in [6, 6.07) is 12.2.